The maximum Gasteiger partial charge on any atom is 0.223 e. The first-order chi connectivity index (χ1) is 8.09. The maximum atomic E-state index is 11.7. The first-order valence-corrected chi connectivity index (χ1v) is 6.64. The van der Waals surface area contributed by atoms with Crippen molar-refractivity contribution in [2.75, 3.05) is 19.6 Å². The number of likely N-dealkylation sites (tertiary alicyclic amines) is 1. The van der Waals surface area contributed by atoms with E-state index in [-0.39, 0.29) is 11.8 Å². The summed E-state index contributed by atoms with van der Waals surface area (Å²) in [5, 5.41) is 2.85. The summed E-state index contributed by atoms with van der Waals surface area (Å²) in [7, 11) is 0. The molecule has 98 valence electrons. The van der Waals surface area contributed by atoms with Gasteiger partial charge in [-0.2, -0.15) is 0 Å². The highest BCUT2D eigenvalue weighted by Gasteiger charge is 2.18. The van der Waals surface area contributed by atoms with E-state index in [0.29, 0.717) is 25.3 Å². The third kappa shape index (κ3) is 5.71. The van der Waals surface area contributed by atoms with Crippen molar-refractivity contribution in [3.8, 4) is 0 Å². The Labute approximate surface area is 104 Å². The lowest BCUT2D eigenvalue weighted by Gasteiger charge is -2.14. The Balaban J connectivity index is 2.08. The van der Waals surface area contributed by atoms with Gasteiger partial charge in [0.1, 0.15) is 0 Å². The fourth-order valence-electron chi connectivity index (χ4n) is 1.93. The van der Waals surface area contributed by atoms with E-state index in [9.17, 15) is 9.59 Å². The highest BCUT2D eigenvalue weighted by atomic mass is 16.2. The second kappa shape index (κ2) is 7.30. The van der Waals surface area contributed by atoms with Gasteiger partial charge in [-0.1, -0.05) is 13.8 Å². The van der Waals surface area contributed by atoms with Crippen LogP contribution in [0.15, 0.2) is 0 Å². The fourth-order valence-corrected chi connectivity index (χ4v) is 1.93. The third-order valence-electron chi connectivity index (χ3n) is 3.07. The molecule has 1 rings (SSSR count). The molecule has 0 aromatic carbocycles. The smallest absolute Gasteiger partial charge is 0.223 e. The maximum absolute atomic E-state index is 11.7. The van der Waals surface area contributed by atoms with Gasteiger partial charge in [0.05, 0.1) is 0 Å². The predicted molar refractivity (Wildman–Crippen MR) is 67.5 cm³/mol. The van der Waals surface area contributed by atoms with Crippen molar-refractivity contribution in [1.29, 1.82) is 0 Å². The van der Waals surface area contributed by atoms with Crippen molar-refractivity contribution < 1.29 is 9.59 Å². The molecule has 1 aliphatic rings. The molecule has 1 heterocycles. The molecule has 4 nitrogen and oxygen atoms in total. The molecule has 0 aliphatic carbocycles. The molecule has 2 amide bonds. The summed E-state index contributed by atoms with van der Waals surface area (Å²) in [5.41, 5.74) is 0. The molecular weight excluding hydrogens is 216 g/mol. The van der Waals surface area contributed by atoms with E-state index >= 15 is 0 Å². The van der Waals surface area contributed by atoms with Crippen LogP contribution in [0.2, 0.25) is 0 Å². The van der Waals surface area contributed by atoms with Gasteiger partial charge in [-0.05, 0) is 25.2 Å². The van der Waals surface area contributed by atoms with Crippen molar-refractivity contribution in [2.45, 2.75) is 46.0 Å². The number of amides is 2. The number of rotatable bonds is 6. The number of nitrogens with one attached hydrogen (secondary N) is 1. The summed E-state index contributed by atoms with van der Waals surface area (Å²) in [6.45, 7) is 6.71. The molecule has 4 heteroatoms. The normalized spacial score (nSPS) is 15.4. The van der Waals surface area contributed by atoms with Crippen LogP contribution in [0.5, 0.6) is 0 Å². The van der Waals surface area contributed by atoms with Crippen LogP contribution in [0, 0.1) is 5.92 Å². The van der Waals surface area contributed by atoms with E-state index in [1.54, 1.807) is 0 Å². The van der Waals surface area contributed by atoms with Crippen molar-refractivity contribution in [3.63, 3.8) is 0 Å². The van der Waals surface area contributed by atoms with Gasteiger partial charge in [-0.3, -0.25) is 9.59 Å². The van der Waals surface area contributed by atoms with Gasteiger partial charge >= 0.3 is 0 Å². The first-order valence-electron chi connectivity index (χ1n) is 6.64. The summed E-state index contributed by atoms with van der Waals surface area (Å²) in [5.74, 6) is 0.723. The van der Waals surface area contributed by atoms with Crippen LogP contribution in [0.4, 0.5) is 0 Å². The summed E-state index contributed by atoms with van der Waals surface area (Å²) < 4.78 is 0. The Kier molecular flexibility index (Phi) is 6.01. The molecule has 1 saturated heterocycles. The van der Waals surface area contributed by atoms with Crippen LogP contribution >= 0.6 is 0 Å². The highest BCUT2D eigenvalue weighted by molar-refractivity contribution is 5.83. The zero-order valence-corrected chi connectivity index (χ0v) is 11.0. The highest BCUT2D eigenvalue weighted by Crippen LogP contribution is 2.09. The molecule has 1 aliphatic heterocycles. The number of nitrogens with zero attached hydrogens (tertiary/aromatic N) is 1. The molecule has 0 unspecified atom stereocenters. The van der Waals surface area contributed by atoms with Gasteiger partial charge in [0.15, 0.2) is 0 Å². The van der Waals surface area contributed by atoms with Crippen molar-refractivity contribution in [1.82, 2.24) is 10.2 Å². The van der Waals surface area contributed by atoms with Gasteiger partial charge in [-0.25, -0.2) is 0 Å². The Hall–Kier alpha value is -1.06. The quantitative estimate of drug-likeness (QED) is 0.766. The second-order valence-corrected chi connectivity index (χ2v) is 5.12. The van der Waals surface area contributed by atoms with E-state index in [1.807, 2.05) is 4.90 Å². The van der Waals surface area contributed by atoms with Crippen molar-refractivity contribution in [3.05, 3.63) is 0 Å². The minimum absolute atomic E-state index is 0.00167. The van der Waals surface area contributed by atoms with Gasteiger partial charge in [0.25, 0.3) is 0 Å². The first kappa shape index (κ1) is 14.0. The van der Waals surface area contributed by atoms with E-state index in [4.69, 9.17) is 0 Å². The van der Waals surface area contributed by atoms with Crippen LogP contribution in [-0.4, -0.2) is 36.3 Å². The van der Waals surface area contributed by atoms with E-state index in [0.717, 1.165) is 32.4 Å². The van der Waals surface area contributed by atoms with Crippen molar-refractivity contribution >= 4 is 11.8 Å². The Morgan fingerprint density at radius 3 is 2.41 bits per heavy atom. The van der Waals surface area contributed by atoms with Crippen molar-refractivity contribution in [2.24, 2.45) is 5.92 Å². The zero-order chi connectivity index (χ0) is 12.7. The number of carbonyl (C=O) groups is 2. The molecule has 0 spiro atoms. The summed E-state index contributed by atoms with van der Waals surface area (Å²) in [4.78, 5) is 25.0. The lowest BCUT2D eigenvalue weighted by Crippen LogP contribution is -2.30. The van der Waals surface area contributed by atoms with Crippen LogP contribution in [0.25, 0.3) is 0 Å². The third-order valence-corrected chi connectivity index (χ3v) is 3.07. The molecule has 0 aromatic heterocycles. The lowest BCUT2D eigenvalue weighted by atomic mass is 10.1. The summed E-state index contributed by atoms with van der Waals surface area (Å²) >= 11 is 0. The Morgan fingerprint density at radius 1 is 1.18 bits per heavy atom. The minimum atomic E-state index is -0.00167. The molecule has 0 saturated carbocycles. The largest absolute Gasteiger partial charge is 0.356 e. The van der Waals surface area contributed by atoms with Gasteiger partial charge < -0.3 is 10.2 Å². The number of carbonyl (C=O) groups excluding carboxylic acids is 2. The summed E-state index contributed by atoms with van der Waals surface area (Å²) in [6, 6.07) is 0. The molecule has 0 atom stereocenters. The van der Waals surface area contributed by atoms with Crippen LogP contribution in [0.3, 0.4) is 0 Å². The van der Waals surface area contributed by atoms with Gasteiger partial charge in [-0.15, -0.1) is 0 Å². The van der Waals surface area contributed by atoms with Gasteiger partial charge in [0.2, 0.25) is 11.8 Å². The van der Waals surface area contributed by atoms with E-state index < -0.39 is 0 Å². The lowest BCUT2D eigenvalue weighted by molar-refractivity contribution is -0.132. The SMILES string of the molecule is CC(C)CCNC(=O)CCC(=O)N1CCCC1. The molecule has 17 heavy (non-hydrogen) atoms. The Morgan fingerprint density at radius 2 is 1.82 bits per heavy atom. The minimum Gasteiger partial charge on any atom is -0.356 e. The van der Waals surface area contributed by atoms with E-state index in [2.05, 4.69) is 19.2 Å². The van der Waals surface area contributed by atoms with Crippen LogP contribution < -0.4 is 5.32 Å². The molecule has 0 aromatic rings. The summed E-state index contributed by atoms with van der Waals surface area (Å²) in [6.07, 6.45) is 3.88. The molecule has 0 bridgehead atoms. The van der Waals surface area contributed by atoms with Crippen LogP contribution in [-0.2, 0) is 9.59 Å². The fraction of sp³-hybridized carbons (Fsp3) is 0.846. The number of hydrogen-bond acceptors (Lipinski definition) is 2. The monoisotopic (exact) mass is 240 g/mol. The molecule has 0 radical (unpaired) electrons. The molecule has 1 fully saturated rings. The standard InChI is InChI=1S/C13H24N2O2/c1-11(2)7-8-14-12(16)5-6-13(17)15-9-3-4-10-15/h11H,3-10H2,1-2H3,(H,14,16). The predicted octanol–water partition coefficient (Wildman–Crippen LogP) is 1.55. The van der Waals surface area contributed by atoms with Crippen LogP contribution in [0.1, 0.15) is 46.0 Å². The number of hydrogen-bond donors (Lipinski definition) is 1. The molecule has 1 N–H and O–H groups in total. The zero-order valence-electron chi connectivity index (χ0n) is 11.0. The topological polar surface area (TPSA) is 49.4 Å². The Bertz CT molecular complexity index is 258. The van der Waals surface area contributed by atoms with Gasteiger partial charge in [0, 0.05) is 32.5 Å². The average molecular weight is 240 g/mol. The molecular formula is C13H24N2O2. The van der Waals surface area contributed by atoms with E-state index in [1.165, 1.54) is 0 Å². The second-order valence-electron chi connectivity index (χ2n) is 5.12. The average Bonchev–Trinajstić information content (AvgIpc) is 2.78.